The Hall–Kier alpha value is -1.17. The van der Waals surface area contributed by atoms with E-state index in [9.17, 15) is 10.1 Å². The van der Waals surface area contributed by atoms with Crippen molar-refractivity contribution in [2.75, 3.05) is 5.32 Å². The Labute approximate surface area is 114 Å². The Bertz CT molecular complexity index is 453. The Kier molecular flexibility index (Phi) is 4.16. The van der Waals surface area contributed by atoms with Crippen LogP contribution < -0.4 is 5.32 Å². The molecule has 1 N–H and O–H groups in total. The molecule has 0 spiro atoms. The van der Waals surface area contributed by atoms with Crippen molar-refractivity contribution in [1.29, 1.82) is 0 Å². The van der Waals surface area contributed by atoms with Gasteiger partial charge in [0.2, 0.25) is 5.82 Å². The summed E-state index contributed by atoms with van der Waals surface area (Å²) >= 11 is 3.20. The minimum Gasteiger partial charge on any atom is -0.362 e. The second-order valence-corrected chi connectivity index (χ2v) is 5.81. The van der Waals surface area contributed by atoms with Crippen molar-refractivity contribution >= 4 is 27.4 Å². The van der Waals surface area contributed by atoms with Gasteiger partial charge in [0.15, 0.2) is 0 Å². The maximum Gasteiger partial charge on any atom is 0.312 e. The van der Waals surface area contributed by atoms with Crippen molar-refractivity contribution < 1.29 is 4.92 Å². The zero-order chi connectivity index (χ0) is 13.1. The fourth-order valence-corrected chi connectivity index (χ4v) is 2.76. The summed E-state index contributed by atoms with van der Waals surface area (Å²) in [5, 5.41) is 14.2. The number of anilines is 1. The Morgan fingerprint density at radius 3 is 3.00 bits per heavy atom. The quantitative estimate of drug-likeness (QED) is 0.681. The number of aromatic nitrogens is 1. The van der Waals surface area contributed by atoms with Crippen molar-refractivity contribution in [2.24, 2.45) is 5.92 Å². The molecule has 2 rings (SSSR count). The minimum atomic E-state index is -0.396. The van der Waals surface area contributed by atoms with E-state index in [2.05, 4.69) is 33.2 Å². The van der Waals surface area contributed by atoms with Crippen molar-refractivity contribution in [3.63, 3.8) is 0 Å². The van der Waals surface area contributed by atoms with E-state index < -0.39 is 4.92 Å². The van der Waals surface area contributed by atoms with Crippen LogP contribution in [0, 0.1) is 16.0 Å². The average molecular weight is 314 g/mol. The molecule has 1 heterocycles. The van der Waals surface area contributed by atoms with Crippen molar-refractivity contribution in [1.82, 2.24) is 4.98 Å². The van der Waals surface area contributed by atoms with Crippen LogP contribution in [0.1, 0.15) is 32.6 Å². The Morgan fingerprint density at radius 2 is 2.33 bits per heavy atom. The van der Waals surface area contributed by atoms with E-state index in [4.69, 9.17) is 0 Å². The zero-order valence-corrected chi connectivity index (χ0v) is 11.8. The number of pyridine rings is 1. The van der Waals surface area contributed by atoms with Crippen molar-refractivity contribution in [2.45, 2.75) is 38.6 Å². The second-order valence-electron chi connectivity index (χ2n) is 4.89. The maximum absolute atomic E-state index is 11.0. The van der Waals surface area contributed by atoms with E-state index in [1.165, 1.54) is 18.9 Å². The Balaban J connectivity index is 2.15. The van der Waals surface area contributed by atoms with E-state index in [0.29, 0.717) is 22.3 Å². The molecule has 1 aliphatic rings. The van der Waals surface area contributed by atoms with Crippen LogP contribution in [0.4, 0.5) is 11.5 Å². The van der Waals surface area contributed by atoms with E-state index in [1.807, 2.05) is 0 Å². The average Bonchev–Trinajstić information content (AvgIpc) is 2.31. The second kappa shape index (κ2) is 5.65. The van der Waals surface area contributed by atoms with Crippen LogP contribution in [-0.2, 0) is 0 Å². The van der Waals surface area contributed by atoms with Gasteiger partial charge in [-0.2, -0.15) is 0 Å². The topological polar surface area (TPSA) is 68.1 Å². The first-order chi connectivity index (χ1) is 8.56. The summed E-state index contributed by atoms with van der Waals surface area (Å²) in [4.78, 5) is 14.7. The molecule has 18 heavy (non-hydrogen) atoms. The number of hydrogen-bond donors (Lipinski definition) is 1. The fraction of sp³-hybridized carbons (Fsp3) is 0.583. The van der Waals surface area contributed by atoms with Crippen LogP contribution >= 0.6 is 15.9 Å². The molecule has 1 fully saturated rings. The standard InChI is InChI=1S/C12H16BrN3O2/c1-8-3-2-4-10(5-8)15-12-11(16(17)18)6-9(13)7-14-12/h6-8,10H,2-5H2,1H3,(H,14,15). The molecule has 0 amide bonds. The molecule has 5 nitrogen and oxygen atoms in total. The van der Waals surface area contributed by atoms with Gasteiger partial charge in [-0.25, -0.2) is 4.98 Å². The SMILES string of the molecule is CC1CCCC(Nc2ncc(Br)cc2[N+](=O)[O-])C1. The van der Waals surface area contributed by atoms with E-state index in [-0.39, 0.29) is 5.69 Å². The van der Waals surface area contributed by atoms with Gasteiger partial charge >= 0.3 is 5.69 Å². The van der Waals surface area contributed by atoms with Gasteiger partial charge in [0.1, 0.15) is 0 Å². The summed E-state index contributed by atoms with van der Waals surface area (Å²) < 4.78 is 0.622. The van der Waals surface area contributed by atoms with Gasteiger partial charge in [-0.15, -0.1) is 0 Å². The molecule has 0 radical (unpaired) electrons. The summed E-state index contributed by atoms with van der Waals surface area (Å²) in [5.74, 6) is 1.05. The van der Waals surface area contributed by atoms with Gasteiger partial charge in [-0.1, -0.05) is 19.8 Å². The van der Waals surface area contributed by atoms with Gasteiger partial charge in [0.25, 0.3) is 0 Å². The van der Waals surface area contributed by atoms with Gasteiger partial charge in [-0.05, 0) is 34.7 Å². The van der Waals surface area contributed by atoms with Crippen LogP contribution in [0.25, 0.3) is 0 Å². The first-order valence-corrected chi connectivity index (χ1v) is 6.92. The van der Waals surface area contributed by atoms with Gasteiger partial charge in [0.05, 0.1) is 4.92 Å². The molecular formula is C12H16BrN3O2. The molecule has 6 heteroatoms. The van der Waals surface area contributed by atoms with Crippen LogP contribution in [0.5, 0.6) is 0 Å². The van der Waals surface area contributed by atoms with Crippen LogP contribution in [0.3, 0.4) is 0 Å². The van der Waals surface area contributed by atoms with Gasteiger partial charge in [-0.3, -0.25) is 10.1 Å². The molecule has 1 aromatic rings. The molecule has 0 aliphatic heterocycles. The molecule has 1 aromatic heterocycles. The predicted octanol–water partition coefficient (Wildman–Crippen LogP) is 3.74. The third-order valence-corrected chi connectivity index (χ3v) is 3.74. The van der Waals surface area contributed by atoms with Gasteiger partial charge in [0, 0.05) is 22.8 Å². The molecule has 0 saturated heterocycles. The number of nitro groups is 1. The Morgan fingerprint density at radius 1 is 1.56 bits per heavy atom. The molecule has 0 aromatic carbocycles. The van der Waals surface area contributed by atoms with Crippen molar-refractivity contribution in [3.05, 3.63) is 26.9 Å². The lowest BCUT2D eigenvalue weighted by atomic mass is 9.87. The molecule has 0 bridgehead atoms. The monoisotopic (exact) mass is 313 g/mol. The molecule has 2 atom stereocenters. The third-order valence-electron chi connectivity index (χ3n) is 3.31. The predicted molar refractivity (Wildman–Crippen MR) is 73.6 cm³/mol. The lowest BCUT2D eigenvalue weighted by Crippen LogP contribution is -2.27. The minimum absolute atomic E-state index is 0.0302. The summed E-state index contributed by atoms with van der Waals surface area (Å²) in [5.41, 5.74) is 0.0302. The number of halogens is 1. The highest BCUT2D eigenvalue weighted by Crippen LogP contribution is 2.30. The highest BCUT2D eigenvalue weighted by atomic mass is 79.9. The third kappa shape index (κ3) is 3.19. The number of nitrogens with one attached hydrogen (secondary N) is 1. The highest BCUT2D eigenvalue weighted by molar-refractivity contribution is 9.10. The normalized spacial score (nSPS) is 23.7. The highest BCUT2D eigenvalue weighted by Gasteiger charge is 2.23. The summed E-state index contributed by atoms with van der Waals surface area (Å²) in [6, 6.07) is 1.78. The molecule has 1 saturated carbocycles. The first-order valence-electron chi connectivity index (χ1n) is 6.12. The number of hydrogen-bond acceptors (Lipinski definition) is 4. The lowest BCUT2D eigenvalue weighted by molar-refractivity contribution is -0.384. The summed E-state index contributed by atoms with van der Waals surface area (Å²) in [7, 11) is 0. The first kappa shape index (κ1) is 13.3. The smallest absolute Gasteiger partial charge is 0.312 e. The van der Waals surface area contributed by atoms with Crippen LogP contribution in [0.15, 0.2) is 16.7 Å². The van der Waals surface area contributed by atoms with Crippen LogP contribution in [0.2, 0.25) is 0 Å². The fourth-order valence-electron chi connectivity index (χ4n) is 2.44. The summed E-state index contributed by atoms with van der Waals surface area (Å²) in [6.45, 7) is 2.22. The molecule has 1 aliphatic carbocycles. The van der Waals surface area contributed by atoms with E-state index in [0.717, 1.165) is 12.8 Å². The zero-order valence-electron chi connectivity index (χ0n) is 10.2. The summed E-state index contributed by atoms with van der Waals surface area (Å²) in [6.07, 6.45) is 6.10. The molecular weight excluding hydrogens is 298 g/mol. The molecule has 2 unspecified atom stereocenters. The molecule has 98 valence electrons. The maximum atomic E-state index is 11.0. The number of rotatable bonds is 3. The lowest BCUT2D eigenvalue weighted by Gasteiger charge is -2.27. The number of nitrogens with zero attached hydrogens (tertiary/aromatic N) is 2. The largest absolute Gasteiger partial charge is 0.362 e. The van der Waals surface area contributed by atoms with E-state index >= 15 is 0 Å². The van der Waals surface area contributed by atoms with Crippen LogP contribution in [-0.4, -0.2) is 15.9 Å². The van der Waals surface area contributed by atoms with Gasteiger partial charge < -0.3 is 5.32 Å². The van der Waals surface area contributed by atoms with Crippen molar-refractivity contribution in [3.8, 4) is 0 Å². The van der Waals surface area contributed by atoms with E-state index in [1.54, 1.807) is 6.20 Å².